The number of sulfone groups is 1. The maximum absolute atomic E-state index is 12.3. The van der Waals surface area contributed by atoms with E-state index in [1.807, 2.05) is 0 Å². The number of halogens is 3. The van der Waals surface area contributed by atoms with E-state index >= 15 is 0 Å². The first-order valence-electron chi connectivity index (χ1n) is 4.88. The molecule has 0 aromatic heterocycles. The van der Waals surface area contributed by atoms with Gasteiger partial charge in [-0.1, -0.05) is 0 Å². The topological polar surface area (TPSA) is 121 Å². The van der Waals surface area contributed by atoms with E-state index in [1.165, 1.54) is 0 Å². The molecule has 1 unspecified atom stereocenters. The minimum absolute atomic E-state index is 0.163. The van der Waals surface area contributed by atoms with E-state index in [2.05, 4.69) is 5.32 Å². The molecule has 110 valence electrons. The third-order valence-electron chi connectivity index (χ3n) is 2.84. The minimum atomic E-state index is -4.61. The molecule has 1 spiro atoms. The fourth-order valence-corrected chi connectivity index (χ4v) is 4.59. The highest BCUT2D eigenvalue weighted by Crippen LogP contribution is 2.50. The summed E-state index contributed by atoms with van der Waals surface area (Å²) in [5, 5.41) is 15.3. The number of carboxylic acid groups (broad SMARTS) is 2. The van der Waals surface area contributed by atoms with Crippen molar-refractivity contribution in [1.29, 1.82) is 0 Å². The SMILES string of the molecule is O=C(O)C(=O)O.O=S1(=O)CC2(CNC2)C1C(F)(F)F. The predicted octanol–water partition coefficient (Wildman–Crippen LogP) is -0.909. The smallest absolute Gasteiger partial charge is 0.414 e. The summed E-state index contributed by atoms with van der Waals surface area (Å²) in [6.45, 7) is 0.326. The molecule has 3 N–H and O–H groups in total. The highest BCUT2D eigenvalue weighted by molar-refractivity contribution is 7.93. The first kappa shape index (κ1) is 15.7. The van der Waals surface area contributed by atoms with Crippen molar-refractivity contribution < 1.29 is 41.4 Å². The molecule has 0 saturated carbocycles. The van der Waals surface area contributed by atoms with Crippen molar-refractivity contribution >= 4 is 21.8 Å². The van der Waals surface area contributed by atoms with E-state index < -0.39 is 38.6 Å². The van der Waals surface area contributed by atoms with Crippen LogP contribution < -0.4 is 5.32 Å². The summed E-state index contributed by atoms with van der Waals surface area (Å²) in [5.74, 6) is -3.97. The maximum Gasteiger partial charge on any atom is 0.414 e. The van der Waals surface area contributed by atoms with Gasteiger partial charge in [0, 0.05) is 18.5 Å². The van der Waals surface area contributed by atoms with Crippen LogP contribution in [0.15, 0.2) is 0 Å². The summed E-state index contributed by atoms with van der Waals surface area (Å²) in [6.07, 6.45) is -4.61. The molecule has 0 aromatic rings. The molecule has 0 amide bonds. The Morgan fingerprint density at radius 2 is 1.58 bits per heavy atom. The lowest BCUT2D eigenvalue weighted by Gasteiger charge is -2.54. The number of carbonyl (C=O) groups is 2. The Morgan fingerprint density at radius 1 is 1.16 bits per heavy atom. The average Bonchev–Trinajstić information content (AvgIpc) is 2.09. The molecule has 0 bridgehead atoms. The highest BCUT2D eigenvalue weighted by atomic mass is 32.2. The fourth-order valence-electron chi connectivity index (χ4n) is 2.13. The van der Waals surface area contributed by atoms with E-state index in [0.717, 1.165) is 0 Å². The van der Waals surface area contributed by atoms with Crippen LogP contribution in [0.3, 0.4) is 0 Å². The largest absolute Gasteiger partial charge is 0.473 e. The van der Waals surface area contributed by atoms with E-state index in [9.17, 15) is 21.6 Å². The Morgan fingerprint density at radius 3 is 1.68 bits per heavy atom. The first-order chi connectivity index (χ1) is 8.42. The summed E-state index contributed by atoms with van der Waals surface area (Å²) in [6, 6.07) is 0. The van der Waals surface area contributed by atoms with Crippen molar-refractivity contribution in [2.24, 2.45) is 5.41 Å². The average molecular weight is 305 g/mol. The summed E-state index contributed by atoms with van der Waals surface area (Å²) in [5.41, 5.74) is -1.04. The molecule has 0 radical (unpaired) electrons. The van der Waals surface area contributed by atoms with Gasteiger partial charge >= 0.3 is 18.1 Å². The molecule has 19 heavy (non-hydrogen) atoms. The third-order valence-corrected chi connectivity index (χ3v) is 5.30. The first-order valence-corrected chi connectivity index (χ1v) is 6.59. The Labute approximate surface area is 105 Å². The normalized spacial score (nSPS) is 26.4. The van der Waals surface area contributed by atoms with E-state index in [-0.39, 0.29) is 18.8 Å². The number of hydrogen-bond acceptors (Lipinski definition) is 5. The molecule has 7 nitrogen and oxygen atoms in total. The van der Waals surface area contributed by atoms with Crippen LogP contribution in [0, 0.1) is 5.41 Å². The quantitative estimate of drug-likeness (QED) is 0.495. The minimum Gasteiger partial charge on any atom is -0.473 e. The Kier molecular flexibility index (Phi) is 3.83. The second-order valence-corrected chi connectivity index (χ2v) is 6.39. The standard InChI is InChI=1S/C6H8F3NO2S.C2H2O4/c7-6(8,9)4-5(1-10-2-5)3-13(4,11)12;3-1(4)2(5)6/h4,10H,1-3H2;(H,3,4)(H,5,6). The maximum atomic E-state index is 12.3. The van der Waals surface area contributed by atoms with Gasteiger partial charge in [-0.25, -0.2) is 18.0 Å². The Bertz CT molecular complexity index is 483. The predicted molar refractivity (Wildman–Crippen MR) is 54.2 cm³/mol. The van der Waals surface area contributed by atoms with E-state index in [0.29, 0.717) is 0 Å². The zero-order valence-corrected chi connectivity index (χ0v) is 10.1. The summed E-state index contributed by atoms with van der Waals surface area (Å²) in [7, 11) is -3.91. The van der Waals surface area contributed by atoms with Crippen LogP contribution in [0.25, 0.3) is 0 Å². The monoisotopic (exact) mass is 305 g/mol. The van der Waals surface area contributed by atoms with Gasteiger partial charge in [0.05, 0.1) is 5.75 Å². The molecule has 2 saturated heterocycles. The fraction of sp³-hybridized carbons (Fsp3) is 0.750. The molecule has 0 aliphatic carbocycles. The van der Waals surface area contributed by atoms with Crippen LogP contribution in [-0.4, -0.2) is 60.8 Å². The van der Waals surface area contributed by atoms with Gasteiger partial charge < -0.3 is 15.5 Å². The third kappa shape index (κ3) is 2.97. The lowest BCUT2D eigenvalue weighted by molar-refractivity contribution is -0.163. The molecule has 2 heterocycles. The molecule has 2 fully saturated rings. The Hall–Kier alpha value is -1.36. The molecule has 1 atom stereocenters. The second kappa shape index (κ2) is 4.63. The number of aliphatic carboxylic acids is 2. The molecule has 2 aliphatic rings. The van der Waals surface area contributed by atoms with Gasteiger partial charge in [-0.2, -0.15) is 13.2 Å². The molecular formula is C8H10F3NO6S. The number of alkyl halides is 3. The molecule has 0 aromatic carbocycles. The second-order valence-electron chi connectivity index (χ2n) is 4.31. The van der Waals surface area contributed by atoms with Gasteiger partial charge in [0.2, 0.25) is 0 Å². The van der Waals surface area contributed by atoms with Crippen LogP contribution in [-0.2, 0) is 19.4 Å². The lowest BCUT2D eigenvalue weighted by Crippen LogP contribution is -2.76. The van der Waals surface area contributed by atoms with Crippen LogP contribution in [0.4, 0.5) is 13.2 Å². The highest BCUT2D eigenvalue weighted by Gasteiger charge is 2.71. The number of rotatable bonds is 0. The van der Waals surface area contributed by atoms with Crippen molar-refractivity contribution in [3.8, 4) is 0 Å². The Balaban J connectivity index is 0.000000258. The van der Waals surface area contributed by atoms with Crippen LogP contribution in [0.1, 0.15) is 0 Å². The van der Waals surface area contributed by atoms with Gasteiger partial charge in [0.25, 0.3) is 0 Å². The summed E-state index contributed by atoms with van der Waals surface area (Å²) >= 11 is 0. The summed E-state index contributed by atoms with van der Waals surface area (Å²) < 4.78 is 58.8. The zero-order valence-electron chi connectivity index (χ0n) is 9.27. The van der Waals surface area contributed by atoms with Crippen LogP contribution in [0.5, 0.6) is 0 Å². The van der Waals surface area contributed by atoms with Gasteiger partial charge in [0.15, 0.2) is 15.1 Å². The van der Waals surface area contributed by atoms with Crippen LogP contribution in [0.2, 0.25) is 0 Å². The van der Waals surface area contributed by atoms with Gasteiger partial charge in [-0.15, -0.1) is 0 Å². The molecular weight excluding hydrogens is 295 g/mol. The van der Waals surface area contributed by atoms with Crippen LogP contribution >= 0.6 is 0 Å². The van der Waals surface area contributed by atoms with Crippen molar-refractivity contribution in [1.82, 2.24) is 5.32 Å². The van der Waals surface area contributed by atoms with Gasteiger partial charge in [-0.05, 0) is 0 Å². The zero-order chi connectivity index (χ0) is 15.1. The number of carboxylic acids is 2. The molecule has 11 heteroatoms. The van der Waals surface area contributed by atoms with Crippen molar-refractivity contribution in [3.63, 3.8) is 0 Å². The van der Waals surface area contributed by atoms with Crippen molar-refractivity contribution in [3.05, 3.63) is 0 Å². The molecule has 2 aliphatic heterocycles. The van der Waals surface area contributed by atoms with Crippen molar-refractivity contribution in [2.75, 3.05) is 18.8 Å². The van der Waals surface area contributed by atoms with Crippen molar-refractivity contribution in [2.45, 2.75) is 11.4 Å². The molecule has 2 rings (SSSR count). The van der Waals surface area contributed by atoms with Gasteiger partial charge in [0.1, 0.15) is 0 Å². The number of hydrogen-bond donors (Lipinski definition) is 3. The van der Waals surface area contributed by atoms with E-state index in [4.69, 9.17) is 19.8 Å². The number of nitrogens with one attached hydrogen (secondary N) is 1. The summed E-state index contributed by atoms with van der Waals surface area (Å²) in [4.78, 5) is 18.2. The van der Waals surface area contributed by atoms with Gasteiger partial charge in [-0.3, -0.25) is 0 Å². The van der Waals surface area contributed by atoms with E-state index in [1.54, 1.807) is 0 Å². The lowest BCUT2D eigenvalue weighted by atomic mass is 9.78.